The highest BCUT2D eigenvalue weighted by molar-refractivity contribution is 7.47. The molecule has 24 nitrogen and oxygen atoms in total. The number of hydrogen-bond acceptors (Lipinski definition) is 18. The fourth-order valence-electron chi connectivity index (χ4n) is 11.7. The third kappa shape index (κ3) is 69.5. The van der Waals surface area contributed by atoms with E-state index in [4.69, 9.17) is 37.0 Å². The van der Waals surface area contributed by atoms with Gasteiger partial charge in [-0.25, -0.2) is 9.13 Å². The Bertz CT molecular complexity index is 2150. The number of ether oxygens (including phenoxy) is 4. The summed E-state index contributed by atoms with van der Waals surface area (Å²) in [4.78, 5) is 100. The van der Waals surface area contributed by atoms with Crippen LogP contribution in [0.25, 0.3) is 0 Å². The minimum atomic E-state index is -4.72. The number of rotatable bonds is 79. The van der Waals surface area contributed by atoms with Gasteiger partial charge in [-0.1, -0.05) is 220 Å². The highest BCUT2D eigenvalue weighted by Gasteiger charge is 2.29. The molecule has 26 heteroatoms. The van der Waals surface area contributed by atoms with Gasteiger partial charge in [0.05, 0.1) is 76.8 Å². The Balaban J connectivity index is 5.42. The van der Waals surface area contributed by atoms with Gasteiger partial charge in [-0.3, -0.25) is 46.9 Å². The van der Waals surface area contributed by atoms with E-state index >= 15 is 0 Å². The van der Waals surface area contributed by atoms with Gasteiger partial charge in [0.25, 0.3) is 0 Å². The van der Waals surface area contributed by atoms with Crippen LogP contribution in [0.4, 0.5) is 0 Å². The Morgan fingerprint density at radius 3 is 0.991 bits per heavy atom. The SMILES string of the molecule is CCCCCCC=CCCCC(=O)O[C@H](CCCCCCC)CC(=O)NC(COCC[C@H](O)CCCCCCC)COP(=O)(O)OCCNC(=O)CCCCC(=O)NCCOP(=O)(O)OCC(COCC[C@H](O)CCCCCCC)NC(=O)C[C@@H](CCCCCCC)OC(=O)CCCC=CCCCCCC. The van der Waals surface area contributed by atoms with E-state index in [-0.39, 0.29) is 90.0 Å². The minimum Gasteiger partial charge on any atom is -0.462 e. The maximum atomic E-state index is 13.6. The first-order valence-corrected chi connectivity index (χ1v) is 44.8. The van der Waals surface area contributed by atoms with Crippen LogP contribution in [-0.4, -0.2) is 158 Å². The van der Waals surface area contributed by atoms with Gasteiger partial charge in [0.1, 0.15) is 12.2 Å². The second-order valence-electron chi connectivity index (χ2n) is 28.5. The Morgan fingerprint density at radius 2 is 0.651 bits per heavy atom. The summed E-state index contributed by atoms with van der Waals surface area (Å²) in [7, 11) is -9.45. The van der Waals surface area contributed by atoms with Gasteiger partial charge < -0.3 is 60.2 Å². The average Bonchev–Trinajstić information content (AvgIpc) is 0.949. The van der Waals surface area contributed by atoms with E-state index in [0.29, 0.717) is 64.2 Å². The van der Waals surface area contributed by atoms with Crippen molar-refractivity contribution in [2.75, 3.05) is 65.9 Å². The molecule has 0 bridgehead atoms. The fraction of sp³-hybridized carbons (Fsp3) is 0.875. The molecule has 0 aliphatic rings. The number of nitrogens with one attached hydrogen (secondary N) is 4. The van der Waals surface area contributed by atoms with Crippen molar-refractivity contribution in [3.8, 4) is 0 Å². The van der Waals surface area contributed by atoms with Crippen LogP contribution < -0.4 is 21.3 Å². The molecular formula is C80H152N4O20P2. The summed E-state index contributed by atoms with van der Waals surface area (Å²) in [6, 6.07) is -1.84. The molecule has 0 aromatic rings. The Morgan fingerprint density at radius 1 is 0.340 bits per heavy atom. The van der Waals surface area contributed by atoms with Crippen molar-refractivity contribution >= 4 is 51.2 Å². The third-order valence-corrected chi connectivity index (χ3v) is 20.1. The molecule has 0 aromatic heterocycles. The maximum Gasteiger partial charge on any atom is 0.472 e. The lowest BCUT2D eigenvalue weighted by Crippen LogP contribution is -2.43. The Labute approximate surface area is 641 Å². The van der Waals surface area contributed by atoms with E-state index < -0.39 is 102 Å². The molecule has 0 radical (unpaired) electrons. The van der Waals surface area contributed by atoms with E-state index in [9.17, 15) is 57.9 Å². The topological polar surface area (TPSA) is 339 Å². The summed E-state index contributed by atoms with van der Waals surface area (Å²) in [6.07, 6.45) is 44.6. The van der Waals surface area contributed by atoms with Gasteiger partial charge in [-0.15, -0.1) is 0 Å². The van der Waals surface area contributed by atoms with Gasteiger partial charge in [0, 0.05) is 52.0 Å². The number of aliphatic hydroxyl groups excluding tert-OH is 2. The number of phosphoric acid groups is 2. The van der Waals surface area contributed by atoms with Crippen molar-refractivity contribution in [1.29, 1.82) is 0 Å². The molecule has 0 aromatic carbocycles. The van der Waals surface area contributed by atoms with E-state index in [1.807, 2.05) is 0 Å². The number of carbonyl (C=O) groups is 6. The van der Waals surface area contributed by atoms with Crippen LogP contribution in [0, 0.1) is 0 Å². The van der Waals surface area contributed by atoms with Gasteiger partial charge in [0.15, 0.2) is 0 Å². The lowest BCUT2D eigenvalue weighted by molar-refractivity contribution is -0.152. The van der Waals surface area contributed by atoms with Gasteiger partial charge in [-0.05, 0) is 116 Å². The lowest BCUT2D eigenvalue weighted by atomic mass is 10.1. The standard InChI is InChI=1S/C80H152N4O20P2/c1-7-13-19-25-27-29-31-37-43-53-79(91)103-73(49-41-35-23-17-11-5)63-77(89)83-69(65-97-59-55-71(85)47-39-33-21-15-9-3)67-101-105(93,94)99-61-57-81-75(87)51-45-46-52-76(88)82-58-62-100-106(95,96)102-68-70(66-98-60-56-72(86)48-40-34-22-16-10-4)84-78(90)64-74(50-42-36-24-18-12-6)104-80(92)54-44-38-32-30-28-26-20-14-8-2/h29-32,69-74,85-86H,7-28,33-68H2,1-6H3,(H,81,87)(H,82,88)(H,83,89)(H,84,90)(H,93,94)(H,95,96)/t69?,70?,71-,72-,73-,74-/m1/s1. The van der Waals surface area contributed by atoms with Crippen molar-refractivity contribution in [2.24, 2.45) is 0 Å². The summed E-state index contributed by atoms with van der Waals surface area (Å²) in [6.45, 7) is 11.0. The second kappa shape index (κ2) is 72.9. The molecule has 622 valence electrons. The molecule has 0 rings (SSSR count). The number of hydrogen-bond donors (Lipinski definition) is 8. The minimum absolute atomic E-state index is 0.0281. The molecule has 4 unspecified atom stereocenters. The molecule has 4 amide bonds. The molecule has 8 atom stereocenters. The molecule has 0 fully saturated rings. The molecule has 106 heavy (non-hydrogen) atoms. The maximum absolute atomic E-state index is 13.6. The second-order valence-corrected chi connectivity index (χ2v) is 31.4. The van der Waals surface area contributed by atoms with Crippen molar-refractivity contribution < 1.29 is 94.9 Å². The first kappa shape index (κ1) is 102. The number of unbranched alkanes of at least 4 members (excludes halogenated alkanes) is 27. The van der Waals surface area contributed by atoms with Crippen molar-refractivity contribution in [1.82, 2.24) is 21.3 Å². The first-order valence-electron chi connectivity index (χ1n) is 41.8. The number of allylic oxidation sites excluding steroid dienone is 4. The zero-order valence-corrected chi connectivity index (χ0v) is 68.8. The predicted octanol–water partition coefficient (Wildman–Crippen LogP) is 17.0. The van der Waals surface area contributed by atoms with Gasteiger partial charge in [0.2, 0.25) is 23.6 Å². The van der Waals surface area contributed by atoms with Crippen LogP contribution in [0.2, 0.25) is 0 Å². The zero-order chi connectivity index (χ0) is 78.3. The number of carbonyl (C=O) groups excluding carboxylic acids is 6. The molecule has 0 heterocycles. The first-order chi connectivity index (χ1) is 51.2. The van der Waals surface area contributed by atoms with Crippen LogP contribution in [0.5, 0.6) is 0 Å². The van der Waals surface area contributed by atoms with Gasteiger partial charge >= 0.3 is 27.6 Å². The number of esters is 2. The largest absolute Gasteiger partial charge is 0.472 e. The zero-order valence-electron chi connectivity index (χ0n) is 67.0. The Kier molecular flexibility index (Phi) is 70.4. The molecule has 0 saturated carbocycles. The normalized spacial score (nSPS) is 14.6. The van der Waals surface area contributed by atoms with E-state index in [2.05, 4.69) is 87.1 Å². The summed E-state index contributed by atoms with van der Waals surface area (Å²) in [5, 5.41) is 32.0. The van der Waals surface area contributed by atoms with Crippen LogP contribution in [0.1, 0.15) is 350 Å². The molecule has 0 aliphatic heterocycles. The van der Waals surface area contributed by atoms with E-state index in [0.717, 1.165) is 167 Å². The van der Waals surface area contributed by atoms with Crippen LogP contribution in [0.15, 0.2) is 24.3 Å². The van der Waals surface area contributed by atoms with Crippen LogP contribution in [0.3, 0.4) is 0 Å². The van der Waals surface area contributed by atoms with Crippen molar-refractivity contribution in [2.45, 2.75) is 386 Å². The molecule has 0 saturated heterocycles. The smallest absolute Gasteiger partial charge is 0.462 e. The molecular weight excluding hydrogens is 1400 g/mol. The summed E-state index contributed by atoms with van der Waals surface area (Å²) >= 11 is 0. The lowest BCUT2D eigenvalue weighted by Gasteiger charge is -2.23. The van der Waals surface area contributed by atoms with Crippen molar-refractivity contribution in [3.63, 3.8) is 0 Å². The highest BCUT2D eigenvalue weighted by atomic mass is 31.2. The monoisotopic (exact) mass is 1550 g/mol. The van der Waals surface area contributed by atoms with Gasteiger partial charge in [-0.2, -0.15) is 0 Å². The van der Waals surface area contributed by atoms with Crippen LogP contribution in [-0.2, 0) is 74.9 Å². The summed E-state index contributed by atoms with van der Waals surface area (Å²) < 4.78 is 70.7. The third-order valence-electron chi connectivity index (χ3n) is 18.1. The number of aliphatic hydroxyl groups is 2. The number of phosphoric ester groups is 2. The molecule has 0 spiro atoms. The summed E-state index contributed by atoms with van der Waals surface area (Å²) in [5.74, 6) is -2.46. The molecule has 0 aliphatic carbocycles. The van der Waals surface area contributed by atoms with E-state index in [1.165, 1.54) is 38.5 Å². The predicted molar refractivity (Wildman–Crippen MR) is 421 cm³/mol. The average molecular weight is 1550 g/mol. The summed E-state index contributed by atoms with van der Waals surface area (Å²) in [5.41, 5.74) is 0. The fourth-order valence-corrected chi connectivity index (χ4v) is 13.2. The van der Waals surface area contributed by atoms with Crippen molar-refractivity contribution in [3.05, 3.63) is 24.3 Å². The van der Waals surface area contributed by atoms with Crippen LogP contribution >= 0.6 is 15.6 Å². The van der Waals surface area contributed by atoms with E-state index in [1.54, 1.807) is 0 Å². The number of amides is 4. The Hall–Kier alpha value is -3.64. The quantitative estimate of drug-likeness (QED) is 0.0121. The highest BCUT2D eigenvalue weighted by Crippen LogP contribution is 2.44. The molecule has 8 N–H and O–H groups in total.